The van der Waals surface area contributed by atoms with Gasteiger partial charge in [-0.15, -0.1) is 0 Å². The van der Waals surface area contributed by atoms with E-state index < -0.39 is 0 Å². The quantitative estimate of drug-likeness (QED) is 0.637. The lowest BCUT2D eigenvalue weighted by atomic mass is 10.2. The van der Waals surface area contributed by atoms with Crippen LogP contribution in [0.2, 0.25) is 0 Å². The van der Waals surface area contributed by atoms with Gasteiger partial charge in [-0.3, -0.25) is 0 Å². The summed E-state index contributed by atoms with van der Waals surface area (Å²) < 4.78 is 5.07. The highest BCUT2D eigenvalue weighted by molar-refractivity contribution is 5.15. The van der Waals surface area contributed by atoms with Crippen molar-refractivity contribution >= 4 is 0 Å². The van der Waals surface area contributed by atoms with E-state index in [-0.39, 0.29) is 6.04 Å². The summed E-state index contributed by atoms with van der Waals surface area (Å²) in [7, 11) is 0. The number of hydrogen-bond donors (Lipinski definition) is 2. The topological polar surface area (TPSA) is 65.2 Å². The van der Waals surface area contributed by atoms with Gasteiger partial charge in [-0.05, 0) is 13.0 Å². The van der Waals surface area contributed by atoms with Crippen LogP contribution < -0.4 is 11.5 Å². The van der Waals surface area contributed by atoms with Gasteiger partial charge in [0.25, 0.3) is 0 Å². The van der Waals surface area contributed by atoms with Gasteiger partial charge >= 0.3 is 0 Å². The minimum Gasteiger partial charge on any atom is -0.468 e. The third-order valence-corrected chi connectivity index (χ3v) is 1.40. The van der Waals surface area contributed by atoms with Crippen LogP contribution >= 0.6 is 0 Å². The summed E-state index contributed by atoms with van der Waals surface area (Å²) in [4.78, 5) is 0. The number of furan rings is 1. The molecule has 0 aromatic carbocycles. The normalized spacial score (nSPS) is 13.5. The fourth-order valence-electron chi connectivity index (χ4n) is 0.743. The third kappa shape index (κ3) is 1.37. The number of nitrogens with two attached hydrogens (primary N) is 2. The van der Waals surface area contributed by atoms with E-state index in [9.17, 15) is 0 Å². The monoisotopic (exact) mass is 140 g/mol. The van der Waals surface area contributed by atoms with Gasteiger partial charge in [-0.2, -0.15) is 0 Å². The standard InChI is InChI=1S/C7H12N2O/c1-5(9)6-2-7(3-8)10-4-6/h2,4-5H,3,8-9H2,1H3. The largest absolute Gasteiger partial charge is 0.468 e. The second-order valence-electron chi connectivity index (χ2n) is 2.34. The molecular formula is C7H12N2O. The molecule has 3 nitrogen and oxygen atoms in total. The summed E-state index contributed by atoms with van der Waals surface area (Å²) >= 11 is 0. The van der Waals surface area contributed by atoms with Gasteiger partial charge in [0.2, 0.25) is 0 Å². The van der Waals surface area contributed by atoms with Crippen molar-refractivity contribution in [3.63, 3.8) is 0 Å². The molecule has 1 atom stereocenters. The summed E-state index contributed by atoms with van der Waals surface area (Å²) in [5.41, 5.74) is 11.9. The van der Waals surface area contributed by atoms with Crippen LogP contribution in [-0.2, 0) is 6.54 Å². The van der Waals surface area contributed by atoms with Crippen LogP contribution in [0.15, 0.2) is 16.7 Å². The van der Waals surface area contributed by atoms with Crippen molar-refractivity contribution in [2.75, 3.05) is 0 Å². The zero-order chi connectivity index (χ0) is 7.56. The van der Waals surface area contributed by atoms with Crippen molar-refractivity contribution in [1.29, 1.82) is 0 Å². The molecule has 0 spiro atoms. The molecule has 0 saturated carbocycles. The molecule has 0 aliphatic carbocycles. The molecule has 56 valence electrons. The first kappa shape index (κ1) is 7.31. The van der Waals surface area contributed by atoms with Crippen molar-refractivity contribution in [1.82, 2.24) is 0 Å². The lowest BCUT2D eigenvalue weighted by Crippen LogP contribution is -2.03. The average molecular weight is 140 g/mol. The van der Waals surface area contributed by atoms with Gasteiger partial charge in [0, 0.05) is 11.6 Å². The van der Waals surface area contributed by atoms with E-state index in [1.165, 1.54) is 0 Å². The van der Waals surface area contributed by atoms with Gasteiger partial charge in [0.1, 0.15) is 5.76 Å². The highest BCUT2D eigenvalue weighted by Crippen LogP contribution is 2.12. The summed E-state index contributed by atoms with van der Waals surface area (Å²) in [5.74, 6) is 0.785. The van der Waals surface area contributed by atoms with Crippen molar-refractivity contribution in [3.8, 4) is 0 Å². The van der Waals surface area contributed by atoms with Crippen LogP contribution in [0.3, 0.4) is 0 Å². The molecule has 4 N–H and O–H groups in total. The van der Waals surface area contributed by atoms with Crippen molar-refractivity contribution < 1.29 is 4.42 Å². The zero-order valence-electron chi connectivity index (χ0n) is 6.00. The summed E-state index contributed by atoms with van der Waals surface area (Å²) in [6.45, 7) is 2.35. The SMILES string of the molecule is CC(N)c1coc(CN)c1. The Balaban J connectivity index is 2.78. The maximum Gasteiger partial charge on any atom is 0.117 e. The van der Waals surface area contributed by atoms with Crippen LogP contribution in [0.25, 0.3) is 0 Å². The first-order valence-corrected chi connectivity index (χ1v) is 3.27. The van der Waals surface area contributed by atoms with Gasteiger partial charge in [0.15, 0.2) is 0 Å². The van der Waals surface area contributed by atoms with Crippen LogP contribution in [0.5, 0.6) is 0 Å². The second kappa shape index (κ2) is 2.86. The van der Waals surface area contributed by atoms with E-state index in [1.54, 1.807) is 6.26 Å². The Morgan fingerprint density at radius 3 is 2.70 bits per heavy atom. The molecule has 1 heterocycles. The molecule has 1 aromatic rings. The molecule has 0 fully saturated rings. The van der Waals surface area contributed by atoms with Crippen LogP contribution in [-0.4, -0.2) is 0 Å². The minimum atomic E-state index is 0.0315. The highest BCUT2D eigenvalue weighted by Gasteiger charge is 2.02. The van der Waals surface area contributed by atoms with Crippen molar-refractivity contribution in [2.24, 2.45) is 11.5 Å². The van der Waals surface area contributed by atoms with E-state index in [0.717, 1.165) is 11.3 Å². The first-order chi connectivity index (χ1) is 4.74. The van der Waals surface area contributed by atoms with Gasteiger partial charge in [-0.25, -0.2) is 0 Å². The number of rotatable bonds is 2. The Morgan fingerprint density at radius 1 is 1.70 bits per heavy atom. The molecular weight excluding hydrogens is 128 g/mol. The predicted molar refractivity (Wildman–Crippen MR) is 39.2 cm³/mol. The Kier molecular flexibility index (Phi) is 2.09. The van der Waals surface area contributed by atoms with Gasteiger partial charge in [0.05, 0.1) is 12.8 Å². The molecule has 1 unspecified atom stereocenters. The third-order valence-electron chi connectivity index (χ3n) is 1.40. The van der Waals surface area contributed by atoms with Gasteiger partial charge < -0.3 is 15.9 Å². The molecule has 0 aliphatic rings. The molecule has 0 amide bonds. The minimum absolute atomic E-state index is 0.0315. The van der Waals surface area contributed by atoms with Crippen molar-refractivity contribution in [2.45, 2.75) is 19.5 Å². The molecule has 3 heteroatoms. The first-order valence-electron chi connectivity index (χ1n) is 3.27. The van der Waals surface area contributed by atoms with E-state index >= 15 is 0 Å². The Morgan fingerprint density at radius 2 is 2.40 bits per heavy atom. The second-order valence-corrected chi connectivity index (χ2v) is 2.34. The maximum atomic E-state index is 5.58. The fourth-order valence-corrected chi connectivity index (χ4v) is 0.743. The summed E-state index contributed by atoms with van der Waals surface area (Å²) in [6.07, 6.45) is 1.65. The molecule has 1 rings (SSSR count). The molecule has 10 heavy (non-hydrogen) atoms. The van der Waals surface area contributed by atoms with Crippen LogP contribution in [0.4, 0.5) is 0 Å². The van der Waals surface area contributed by atoms with Crippen LogP contribution in [0, 0.1) is 0 Å². The lowest BCUT2D eigenvalue weighted by Gasteiger charge is -1.96. The molecule has 0 radical (unpaired) electrons. The molecule has 0 saturated heterocycles. The van der Waals surface area contributed by atoms with E-state index in [1.807, 2.05) is 13.0 Å². The molecule has 0 aliphatic heterocycles. The van der Waals surface area contributed by atoms with E-state index in [0.29, 0.717) is 6.54 Å². The maximum absolute atomic E-state index is 5.58. The Hall–Kier alpha value is -0.800. The zero-order valence-corrected chi connectivity index (χ0v) is 6.00. The van der Waals surface area contributed by atoms with E-state index in [4.69, 9.17) is 15.9 Å². The predicted octanol–water partition coefficient (Wildman–Crippen LogP) is 0.758. The number of hydrogen-bond acceptors (Lipinski definition) is 3. The highest BCUT2D eigenvalue weighted by atomic mass is 16.3. The lowest BCUT2D eigenvalue weighted by molar-refractivity contribution is 0.509. The van der Waals surface area contributed by atoms with Gasteiger partial charge in [-0.1, -0.05) is 0 Å². The summed E-state index contributed by atoms with van der Waals surface area (Å²) in [6, 6.07) is 1.91. The molecule has 1 aromatic heterocycles. The Bertz CT molecular complexity index is 205. The smallest absolute Gasteiger partial charge is 0.117 e. The average Bonchev–Trinajstić information content (AvgIpc) is 2.34. The van der Waals surface area contributed by atoms with E-state index in [2.05, 4.69) is 0 Å². The Labute approximate surface area is 60.0 Å². The molecule has 0 bridgehead atoms. The fraction of sp³-hybridized carbons (Fsp3) is 0.429. The van der Waals surface area contributed by atoms with Crippen molar-refractivity contribution in [3.05, 3.63) is 23.7 Å². The van der Waals surface area contributed by atoms with Crippen LogP contribution in [0.1, 0.15) is 24.3 Å². The summed E-state index contributed by atoms with van der Waals surface area (Å²) in [5, 5.41) is 0.